The Balaban J connectivity index is 1.65. The van der Waals surface area contributed by atoms with Gasteiger partial charge in [0.1, 0.15) is 5.82 Å². The van der Waals surface area contributed by atoms with E-state index in [-0.39, 0.29) is 17.5 Å². The van der Waals surface area contributed by atoms with Crippen molar-refractivity contribution in [1.29, 1.82) is 0 Å². The van der Waals surface area contributed by atoms with E-state index in [2.05, 4.69) is 6.58 Å². The Hall–Kier alpha value is -2.49. The fourth-order valence-electron chi connectivity index (χ4n) is 4.22. The monoisotopic (exact) mass is 442 g/mol. The minimum Gasteiger partial charge on any atom is -0.490 e. The SMILES string of the molecule is C=CCCCCc1ccc(C2CC=C(c3ccc(OCCCC)c(F)c3F)CC2)cc1F. The van der Waals surface area contributed by atoms with Crippen molar-refractivity contribution in [2.24, 2.45) is 0 Å². The van der Waals surface area contributed by atoms with Crippen LogP contribution in [-0.4, -0.2) is 6.61 Å². The van der Waals surface area contributed by atoms with Crippen LogP contribution in [0.1, 0.15) is 80.9 Å². The molecule has 1 unspecified atom stereocenters. The molecule has 1 atom stereocenters. The summed E-state index contributed by atoms with van der Waals surface area (Å²) in [6, 6.07) is 8.67. The van der Waals surface area contributed by atoms with E-state index in [1.54, 1.807) is 12.1 Å². The maximum Gasteiger partial charge on any atom is 0.201 e. The molecule has 0 N–H and O–H groups in total. The van der Waals surface area contributed by atoms with Crippen molar-refractivity contribution in [1.82, 2.24) is 0 Å². The smallest absolute Gasteiger partial charge is 0.201 e. The van der Waals surface area contributed by atoms with Crippen molar-refractivity contribution in [3.05, 3.63) is 83.2 Å². The Bertz CT molecular complexity index is 948. The molecular formula is C28H33F3O. The molecule has 3 rings (SSSR count). The molecule has 0 heterocycles. The first kappa shape index (κ1) is 24.2. The van der Waals surface area contributed by atoms with Gasteiger partial charge in [0, 0.05) is 5.56 Å². The van der Waals surface area contributed by atoms with Crippen molar-refractivity contribution in [3.63, 3.8) is 0 Å². The highest BCUT2D eigenvalue weighted by Crippen LogP contribution is 2.38. The van der Waals surface area contributed by atoms with E-state index in [0.29, 0.717) is 25.0 Å². The van der Waals surface area contributed by atoms with Crippen LogP contribution in [0.5, 0.6) is 5.75 Å². The second-order valence-electron chi connectivity index (χ2n) is 8.53. The van der Waals surface area contributed by atoms with Crippen LogP contribution in [0.15, 0.2) is 49.1 Å². The Labute approximate surface area is 190 Å². The van der Waals surface area contributed by atoms with Gasteiger partial charge in [-0.25, -0.2) is 8.78 Å². The summed E-state index contributed by atoms with van der Waals surface area (Å²) in [4.78, 5) is 0. The van der Waals surface area contributed by atoms with E-state index < -0.39 is 11.6 Å². The predicted molar refractivity (Wildman–Crippen MR) is 125 cm³/mol. The summed E-state index contributed by atoms with van der Waals surface area (Å²) in [5.74, 6) is -1.77. The number of hydrogen-bond acceptors (Lipinski definition) is 1. The highest BCUT2D eigenvalue weighted by atomic mass is 19.2. The first-order valence-electron chi connectivity index (χ1n) is 11.7. The number of ether oxygens (including phenoxy) is 1. The number of aryl methyl sites for hydroxylation is 1. The summed E-state index contributed by atoms with van der Waals surface area (Å²) in [6.07, 6.45) is 11.3. The summed E-state index contributed by atoms with van der Waals surface area (Å²) in [6.45, 7) is 6.10. The molecule has 2 aromatic rings. The predicted octanol–water partition coefficient (Wildman–Crippen LogP) is 8.53. The average molecular weight is 443 g/mol. The van der Waals surface area contributed by atoms with Crippen LogP contribution < -0.4 is 4.74 Å². The van der Waals surface area contributed by atoms with Crippen LogP contribution in [0.3, 0.4) is 0 Å². The number of halogens is 3. The fraction of sp³-hybridized carbons (Fsp3) is 0.429. The van der Waals surface area contributed by atoms with E-state index in [0.717, 1.165) is 61.6 Å². The van der Waals surface area contributed by atoms with Gasteiger partial charge in [0.05, 0.1) is 6.61 Å². The van der Waals surface area contributed by atoms with Gasteiger partial charge in [-0.2, -0.15) is 4.39 Å². The normalized spacial score (nSPS) is 16.0. The lowest BCUT2D eigenvalue weighted by Gasteiger charge is -2.23. The number of benzene rings is 2. The summed E-state index contributed by atoms with van der Waals surface area (Å²) >= 11 is 0. The van der Waals surface area contributed by atoms with E-state index >= 15 is 0 Å². The molecule has 0 aromatic heterocycles. The van der Waals surface area contributed by atoms with E-state index in [1.807, 2.05) is 31.2 Å². The lowest BCUT2D eigenvalue weighted by atomic mass is 9.82. The van der Waals surface area contributed by atoms with Crippen molar-refractivity contribution in [3.8, 4) is 5.75 Å². The Morgan fingerprint density at radius 3 is 2.59 bits per heavy atom. The molecule has 1 nitrogen and oxygen atoms in total. The minimum absolute atomic E-state index is 0.0333. The number of hydrogen-bond donors (Lipinski definition) is 0. The van der Waals surface area contributed by atoms with Gasteiger partial charge in [-0.15, -0.1) is 6.58 Å². The van der Waals surface area contributed by atoms with Gasteiger partial charge in [-0.1, -0.05) is 37.6 Å². The summed E-state index contributed by atoms with van der Waals surface area (Å²) in [5, 5.41) is 0. The molecule has 0 saturated heterocycles. The minimum atomic E-state index is -0.924. The van der Waals surface area contributed by atoms with E-state index in [4.69, 9.17) is 4.74 Å². The van der Waals surface area contributed by atoms with Crippen LogP contribution in [0.2, 0.25) is 0 Å². The molecule has 1 aliphatic carbocycles. The van der Waals surface area contributed by atoms with Crippen LogP contribution in [0, 0.1) is 17.5 Å². The molecule has 32 heavy (non-hydrogen) atoms. The van der Waals surface area contributed by atoms with E-state index in [1.165, 1.54) is 6.07 Å². The fourth-order valence-corrected chi connectivity index (χ4v) is 4.22. The molecule has 0 radical (unpaired) electrons. The highest BCUT2D eigenvalue weighted by Gasteiger charge is 2.22. The first-order chi connectivity index (χ1) is 15.5. The Morgan fingerprint density at radius 2 is 1.91 bits per heavy atom. The third-order valence-electron chi connectivity index (χ3n) is 6.21. The molecule has 172 valence electrons. The van der Waals surface area contributed by atoms with Crippen LogP contribution in [-0.2, 0) is 6.42 Å². The molecule has 4 heteroatoms. The molecule has 0 aliphatic heterocycles. The molecule has 2 aromatic carbocycles. The van der Waals surface area contributed by atoms with Crippen molar-refractivity contribution < 1.29 is 17.9 Å². The lowest BCUT2D eigenvalue weighted by Crippen LogP contribution is -2.07. The van der Waals surface area contributed by atoms with Crippen LogP contribution >= 0.6 is 0 Å². The zero-order chi connectivity index (χ0) is 22.9. The van der Waals surface area contributed by atoms with Gasteiger partial charge in [0.2, 0.25) is 5.82 Å². The standard InChI is InChI=1S/C28H33F3O/c1-3-5-7-8-9-22-14-15-23(19-25(22)29)20-10-12-21(13-11-20)24-16-17-26(28(31)27(24)30)32-18-6-4-2/h3,12,14-17,19-20H,1,4-11,13,18H2,2H3. The van der Waals surface area contributed by atoms with Gasteiger partial charge in [-0.05, 0) is 92.2 Å². The number of allylic oxidation sites excluding steroid dienone is 3. The van der Waals surface area contributed by atoms with E-state index in [9.17, 15) is 13.2 Å². The zero-order valence-electron chi connectivity index (χ0n) is 18.9. The largest absolute Gasteiger partial charge is 0.490 e. The molecule has 0 saturated carbocycles. The maximum atomic E-state index is 14.7. The quantitative estimate of drug-likeness (QED) is 0.250. The summed E-state index contributed by atoms with van der Waals surface area (Å²) in [5.41, 5.74) is 2.82. The molecule has 0 fully saturated rings. The number of unbranched alkanes of at least 4 members (excludes halogenated alkanes) is 3. The molecule has 1 aliphatic rings. The lowest BCUT2D eigenvalue weighted by molar-refractivity contribution is 0.288. The first-order valence-corrected chi connectivity index (χ1v) is 11.7. The third-order valence-corrected chi connectivity index (χ3v) is 6.21. The van der Waals surface area contributed by atoms with Gasteiger partial charge >= 0.3 is 0 Å². The van der Waals surface area contributed by atoms with Gasteiger partial charge < -0.3 is 4.74 Å². The summed E-state index contributed by atoms with van der Waals surface area (Å²) in [7, 11) is 0. The zero-order valence-corrected chi connectivity index (χ0v) is 18.9. The summed E-state index contributed by atoms with van der Waals surface area (Å²) < 4.78 is 49.0. The van der Waals surface area contributed by atoms with Crippen molar-refractivity contribution >= 4 is 5.57 Å². The third kappa shape index (κ3) is 6.05. The van der Waals surface area contributed by atoms with Crippen LogP contribution in [0.4, 0.5) is 13.2 Å². The van der Waals surface area contributed by atoms with Gasteiger partial charge in [-0.3, -0.25) is 0 Å². The van der Waals surface area contributed by atoms with Crippen molar-refractivity contribution in [2.75, 3.05) is 6.61 Å². The molecule has 0 spiro atoms. The topological polar surface area (TPSA) is 9.23 Å². The second kappa shape index (κ2) is 11.9. The highest BCUT2D eigenvalue weighted by molar-refractivity contribution is 5.68. The second-order valence-corrected chi connectivity index (χ2v) is 8.53. The van der Waals surface area contributed by atoms with Gasteiger partial charge in [0.25, 0.3) is 0 Å². The Morgan fingerprint density at radius 1 is 1.06 bits per heavy atom. The molecule has 0 bridgehead atoms. The number of rotatable bonds is 11. The van der Waals surface area contributed by atoms with Crippen LogP contribution in [0.25, 0.3) is 5.57 Å². The van der Waals surface area contributed by atoms with Gasteiger partial charge in [0.15, 0.2) is 11.6 Å². The van der Waals surface area contributed by atoms with Crippen molar-refractivity contribution in [2.45, 2.75) is 70.6 Å². The molecule has 0 amide bonds. The Kier molecular flexibility index (Phi) is 9.01. The maximum absolute atomic E-state index is 14.7. The molecular weight excluding hydrogens is 409 g/mol. The average Bonchev–Trinajstić information content (AvgIpc) is 2.81.